The van der Waals surface area contributed by atoms with E-state index >= 15 is 0 Å². The number of H-pyrrole nitrogens is 1. The number of aromatic amines is 1. The second kappa shape index (κ2) is 6.00. The fourth-order valence-electron chi connectivity index (χ4n) is 1.67. The van der Waals surface area contributed by atoms with Gasteiger partial charge < -0.3 is 9.84 Å². The van der Waals surface area contributed by atoms with E-state index in [9.17, 15) is 13.5 Å². The Bertz CT molecular complexity index is 503. The molecule has 110 valence electrons. The van der Waals surface area contributed by atoms with Crippen LogP contribution in [0.1, 0.15) is 24.7 Å². The van der Waals surface area contributed by atoms with Gasteiger partial charge in [0.05, 0.1) is 17.0 Å². The zero-order valence-corrected chi connectivity index (χ0v) is 12.5. The number of rotatable bonds is 7. The third kappa shape index (κ3) is 4.27. The third-order valence-electron chi connectivity index (χ3n) is 2.82. The van der Waals surface area contributed by atoms with Gasteiger partial charge in [0.2, 0.25) is 10.0 Å². The summed E-state index contributed by atoms with van der Waals surface area (Å²) in [5, 5.41) is 16.5. The van der Waals surface area contributed by atoms with Crippen molar-refractivity contribution < 1.29 is 18.3 Å². The smallest absolute Gasteiger partial charge is 0.244 e. The summed E-state index contributed by atoms with van der Waals surface area (Å²) in [6, 6.07) is 0. The average Bonchev–Trinajstić information content (AvgIpc) is 2.65. The van der Waals surface area contributed by atoms with Crippen LogP contribution in [0.2, 0.25) is 0 Å². The fourth-order valence-corrected chi connectivity index (χ4v) is 3.20. The number of methoxy groups -OCH3 is 1. The molecule has 0 bridgehead atoms. The largest absolute Gasteiger partial charge is 0.389 e. The SMILES string of the molecule is COCCC(C)(O)CNS(=O)(=O)c1c(C)n[nH]c1C. The van der Waals surface area contributed by atoms with Gasteiger partial charge in [-0.15, -0.1) is 0 Å². The molecule has 1 unspecified atom stereocenters. The standard InChI is InChI=1S/C11H21N3O4S/c1-8-10(9(2)14-13-8)19(16,17)12-7-11(3,15)5-6-18-4/h12,15H,5-7H2,1-4H3,(H,13,14). The number of aromatic nitrogens is 2. The van der Waals surface area contributed by atoms with Crippen molar-refractivity contribution in [2.45, 2.75) is 37.7 Å². The van der Waals surface area contributed by atoms with Crippen LogP contribution in [0, 0.1) is 13.8 Å². The maximum Gasteiger partial charge on any atom is 0.244 e. The lowest BCUT2D eigenvalue weighted by atomic mass is 10.0. The van der Waals surface area contributed by atoms with Gasteiger partial charge in [0.1, 0.15) is 4.90 Å². The number of sulfonamides is 1. The predicted molar refractivity (Wildman–Crippen MR) is 70.4 cm³/mol. The van der Waals surface area contributed by atoms with Crippen molar-refractivity contribution in [3.8, 4) is 0 Å². The summed E-state index contributed by atoms with van der Waals surface area (Å²) in [5.41, 5.74) is -0.280. The van der Waals surface area contributed by atoms with Gasteiger partial charge in [0.15, 0.2) is 0 Å². The number of hydrogen-bond acceptors (Lipinski definition) is 5. The van der Waals surface area contributed by atoms with Crippen molar-refractivity contribution in [3.63, 3.8) is 0 Å². The molecule has 0 aliphatic carbocycles. The molecule has 7 nitrogen and oxygen atoms in total. The number of nitrogens with one attached hydrogen (secondary N) is 2. The molecule has 1 aromatic rings. The molecule has 0 aliphatic rings. The molecule has 0 radical (unpaired) electrons. The van der Waals surface area contributed by atoms with Gasteiger partial charge in [-0.05, 0) is 20.8 Å². The van der Waals surface area contributed by atoms with E-state index in [2.05, 4.69) is 14.9 Å². The molecular formula is C11H21N3O4S. The molecule has 0 aromatic carbocycles. The Kier molecular flexibility index (Phi) is 5.08. The summed E-state index contributed by atoms with van der Waals surface area (Å²) in [7, 11) is -2.15. The molecule has 1 rings (SSSR count). The first-order valence-electron chi connectivity index (χ1n) is 5.92. The fraction of sp³-hybridized carbons (Fsp3) is 0.727. The molecule has 1 heterocycles. The maximum absolute atomic E-state index is 12.1. The first kappa shape index (κ1) is 16.1. The van der Waals surface area contributed by atoms with Crippen LogP contribution in [-0.4, -0.2) is 49.6 Å². The van der Waals surface area contributed by atoms with Gasteiger partial charge in [-0.1, -0.05) is 0 Å². The molecule has 0 saturated heterocycles. The highest BCUT2D eigenvalue weighted by molar-refractivity contribution is 7.89. The van der Waals surface area contributed by atoms with E-state index in [0.29, 0.717) is 24.4 Å². The number of aryl methyl sites for hydroxylation is 2. The third-order valence-corrected chi connectivity index (χ3v) is 4.48. The van der Waals surface area contributed by atoms with Crippen LogP contribution >= 0.6 is 0 Å². The van der Waals surface area contributed by atoms with Gasteiger partial charge >= 0.3 is 0 Å². The van der Waals surface area contributed by atoms with Crippen molar-refractivity contribution in [2.75, 3.05) is 20.3 Å². The molecule has 1 aromatic heterocycles. The molecule has 19 heavy (non-hydrogen) atoms. The van der Waals surface area contributed by atoms with Crippen LogP contribution in [0.3, 0.4) is 0 Å². The van der Waals surface area contributed by atoms with Crippen LogP contribution in [0.15, 0.2) is 4.90 Å². The number of ether oxygens (including phenoxy) is 1. The van der Waals surface area contributed by atoms with Crippen molar-refractivity contribution in [1.29, 1.82) is 0 Å². The minimum absolute atomic E-state index is 0.0806. The van der Waals surface area contributed by atoms with E-state index in [1.807, 2.05) is 0 Å². The van der Waals surface area contributed by atoms with Crippen LogP contribution in [0.25, 0.3) is 0 Å². The molecule has 0 saturated carbocycles. The highest BCUT2D eigenvalue weighted by atomic mass is 32.2. The van der Waals surface area contributed by atoms with E-state index in [1.54, 1.807) is 20.8 Å². The molecule has 1 atom stereocenters. The summed E-state index contributed by atoms with van der Waals surface area (Å²) in [6.45, 7) is 5.09. The van der Waals surface area contributed by atoms with Crippen LogP contribution in [-0.2, 0) is 14.8 Å². The topological polar surface area (TPSA) is 104 Å². The van der Waals surface area contributed by atoms with Gasteiger partial charge in [-0.3, -0.25) is 5.10 Å². The number of nitrogens with zero attached hydrogens (tertiary/aromatic N) is 1. The first-order chi connectivity index (χ1) is 8.69. The zero-order valence-electron chi connectivity index (χ0n) is 11.6. The normalized spacial score (nSPS) is 15.4. The molecule has 0 spiro atoms. The van der Waals surface area contributed by atoms with Crippen molar-refractivity contribution in [3.05, 3.63) is 11.4 Å². The van der Waals surface area contributed by atoms with Crippen molar-refractivity contribution in [2.24, 2.45) is 0 Å². The first-order valence-corrected chi connectivity index (χ1v) is 7.40. The Balaban J connectivity index is 2.77. The van der Waals surface area contributed by atoms with Crippen LogP contribution in [0.5, 0.6) is 0 Å². The lowest BCUT2D eigenvalue weighted by Crippen LogP contribution is -2.41. The Labute approximate surface area is 113 Å². The summed E-state index contributed by atoms with van der Waals surface area (Å²) < 4.78 is 31.6. The summed E-state index contributed by atoms with van der Waals surface area (Å²) >= 11 is 0. The van der Waals surface area contributed by atoms with Gasteiger partial charge in [0.25, 0.3) is 0 Å². The minimum Gasteiger partial charge on any atom is -0.389 e. The highest BCUT2D eigenvalue weighted by Crippen LogP contribution is 2.17. The van der Waals surface area contributed by atoms with E-state index in [0.717, 1.165) is 0 Å². The zero-order chi connectivity index (χ0) is 14.7. The minimum atomic E-state index is -3.68. The van der Waals surface area contributed by atoms with E-state index in [1.165, 1.54) is 7.11 Å². The highest BCUT2D eigenvalue weighted by Gasteiger charge is 2.27. The van der Waals surface area contributed by atoms with Crippen molar-refractivity contribution >= 4 is 10.0 Å². The molecular weight excluding hydrogens is 270 g/mol. The quantitative estimate of drug-likeness (QED) is 0.660. The maximum atomic E-state index is 12.1. The van der Waals surface area contributed by atoms with Gasteiger partial charge in [-0.25, -0.2) is 13.1 Å². The average molecular weight is 291 g/mol. The van der Waals surface area contributed by atoms with Gasteiger partial charge in [0, 0.05) is 26.7 Å². The van der Waals surface area contributed by atoms with E-state index in [4.69, 9.17) is 4.74 Å². The summed E-state index contributed by atoms with van der Waals surface area (Å²) in [6.07, 6.45) is 0.343. The summed E-state index contributed by atoms with van der Waals surface area (Å²) in [5.74, 6) is 0. The molecule has 3 N–H and O–H groups in total. The number of aliphatic hydroxyl groups is 1. The monoisotopic (exact) mass is 291 g/mol. The van der Waals surface area contributed by atoms with E-state index < -0.39 is 15.6 Å². The Morgan fingerprint density at radius 3 is 2.58 bits per heavy atom. The van der Waals surface area contributed by atoms with Crippen LogP contribution < -0.4 is 4.72 Å². The Morgan fingerprint density at radius 2 is 2.11 bits per heavy atom. The number of hydrogen-bond donors (Lipinski definition) is 3. The molecule has 0 amide bonds. The summed E-state index contributed by atoms with van der Waals surface area (Å²) in [4.78, 5) is 0.134. The molecule has 8 heteroatoms. The second-order valence-electron chi connectivity index (χ2n) is 4.83. The van der Waals surface area contributed by atoms with Crippen LogP contribution in [0.4, 0.5) is 0 Å². The molecule has 0 aliphatic heterocycles. The predicted octanol–water partition coefficient (Wildman–Crippen LogP) is 0.0923. The Morgan fingerprint density at radius 1 is 1.47 bits per heavy atom. The lowest BCUT2D eigenvalue weighted by Gasteiger charge is -2.23. The van der Waals surface area contributed by atoms with E-state index in [-0.39, 0.29) is 11.4 Å². The second-order valence-corrected chi connectivity index (χ2v) is 6.53. The Hall–Kier alpha value is -0.960. The van der Waals surface area contributed by atoms with Gasteiger partial charge in [-0.2, -0.15) is 5.10 Å². The molecule has 0 fully saturated rings. The van der Waals surface area contributed by atoms with Crippen molar-refractivity contribution in [1.82, 2.24) is 14.9 Å². The lowest BCUT2D eigenvalue weighted by molar-refractivity contribution is 0.0292.